The van der Waals surface area contributed by atoms with Gasteiger partial charge < -0.3 is 37.5 Å². The van der Waals surface area contributed by atoms with Gasteiger partial charge in [0, 0.05) is 49.2 Å². The molecule has 3 aromatic rings. The third kappa shape index (κ3) is 13.0. The molecule has 5 rings (SSSR count). The molecule has 11 nitrogen and oxygen atoms in total. The Balaban J connectivity index is 0.000000226. The molecule has 0 atom stereocenters. The summed E-state index contributed by atoms with van der Waals surface area (Å²) < 4.78 is 68.8. The van der Waals surface area contributed by atoms with Crippen LogP contribution in [-0.4, -0.2) is 76.3 Å². The predicted molar refractivity (Wildman–Crippen MR) is 187 cm³/mol. The van der Waals surface area contributed by atoms with Gasteiger partial charge in [-0.1, -0.05) is 24.3 Å². The third-order valence-corrected chi connectivity index (χ3v) is 8.41. The Kier molecular flexibility index (Phi) is 13.0. The number of piperidine rings is 1. The summed E-state index contributed by atoms with van der Waals surface area (Å²) in [6.45, 7) is 1.07. The number of hydrogen-bond donors (Lipinski definition) is 4. The van der Waals surface area contributed by atoms with Crippen molar-refractivity contribution in [3.63, 3.8) is 0 Å². The van der Waals surface area contributed by atoms with Crippen LogP contribution in [0.3, 0.4) is 0 Å². The van der Waals surface area contributed by atoms with Crippen molar-refractivity contribution in [3.05, 3.63) is 78.9 Å². The lowest BCUT2D eigenvalue weighted by Crippen LogP contribution is -2.46. The number of alkyl halides is 5. The first-order chi connectivity index (χ1) is 23.2. The number of likely N-dealkylation sites (tertiary alicyclic amines) is 1. The number of thioether (sulfide) groups is 2. The van der Waals surface area contributed by atoms with Gasteiger partial charge in [-0.05, 0) is 60.3 Å². The topological polar surface area (TPSA) is 169 Å². The minimum atomic E-state index is -4.31. The molecule has 0 unspecified atom stereocenters. The fraction of sp³-hybridized carbons (Fsp3) is 0.290. The standard InChI is InChI=1S/C19H21F2N5O.C12H14F3N5S2/c20-19(21)9-11-26(12-10-19)18(23)25-17(22)24-14-5-4-8-16(13-14)27-15-6-2-1-3-7-15;13-12(14,15)22-9-3-1-8(2-4-9)18-10(16)19-11(17)20-5-6-21-7-20/h1-8,13H,9-12H2,(H4,22,23,24,25);1-4H,5-7H2,(H4,16,17,18,19). The molecular formula is C31H35F5N10OS2. The van der Waals surface area contributed by atoms with Crippen LogP contribution in [0.4, 0.5) is 33.3 Å². The maximum Gasteiger partial charge on any atom is 0.446 e. The fourth-order valence-corrected chi connectivity index (χ4v) is 5.81. The molecule has 0 saturated carbocycles. The van der Waals surface area contributed by atoms with E-state index in [4.69, 9.17) is 27.7 Å². The van der Waals surface area contributed by atoms with Gasteiger partial charge in [-0.3, -0.25) is 0 Å². The highest BCUT2D eigenvalue weighted by Crippen LogP contribution is 2.37. The summed E-state index contributed by atoms with van der Waals surface area (Å²) in [6.07, 6.45) is -0.502. The lowest BCUT2D eigenvalue weighted by Gasteiger charge is -2.32. The summed E-state index contributed by atoms with van der Waals surface area (Å²) in [5.74, 6) is 0.681. The Hall–Kier alpha value is -4.71. The van der Waals surface area contributed by atoms with Crippen LogP contribution in [-0.2, 0) is 0 Å². The highest BCUT2D eigenvalue weighted by molar-refractivity contribution is 8.00. The summed E-state index contributed by atoms with van der Waals surface area (Å²) in [5, 5.41) is 0. The Labute approximate surface area is 288 Å². The van der Waals surface area contributed by atoms with Crippen LogP contribution in [0.2, 0.25) is 0 Å². The smallest absolute Gasteiger partial charge is 0.446 e. The summed E-state index contributed by atoms with van der Waals surface area (Å²) in [5.41, 5.74) is 19.8. The zero-order chi connectivity index (χ0) is 35.4. The number of nitrogens with zero attached hydrogens (tertiary/aromatic N) is 6. The van der Waals surface area contributed by atoms with Crippen molar-refractivity contribution >= 4 is 58.7 Å². The summed E-state index contributed by atoms with van der Waals surface area (Å²) >= 11 is 1.56. The van der Waals surface area contributed by atoms with Gasteiger partial charge in [0.1, 0.15) is 11.5 Å². The molecule has 2 heterocycles. The van der Waals surface area contributed by atoms with Crippen LogP contribution < -0.4 is 27.7 Å². The Bertz CT molecular complexity index is 1640. The number of nitrogens with two attached hydrogens (primary N) is 4. The molecule has 3 aromatic carbocycles. The van der Waals surface area contributed by atoms with Crippen molar-refractivity contribution in [1.82, 2.24) is 9.80 Å². The minimum Gasteiger partial charge on any atom is -0.457 e. The molecular weight excluding hydrogens is 688 g/mol. The van der Waals surface area contributed by atoms with Crippen molar-refractivity contribution < 1.29 is 26.7 Å². The molecule has 0 bridgehead atoms. The van der Waals surface area contributed by atoms with Gasteiger partial charge in [-0.25, -0.2) is 18.8 Å². The monoisotopic (exact) mass is 722 g/mol. The second-order valence-corrected chi connectivity index (χ2v) is 12.7. The van der Waals surface area contributed by atoms with Crippen LogP contribution >= 0.6 is 23.5 Å². The maximum atomic E-state index is 13.2. The van der Waals surface area contributed by atoms with Gasteiger partial charge >= 0.3 is 5.51 Å². The number of ether oxygens (including phenoxy) is 1. The second-order valence-electron chi connectivity index (χ2n) is 10.5. The molecule has 0 aromatic heterocycles. The number of halogens is 5. The number of benzene rings is 3. The average molecular weight is 723 g/mol. The molecule has 18 heteroatoms. The summed E-state index contributed by atoms with van der Waals surface area (Å²) in [7, 11) is 0. The van der Waals surface area contributed by atoms with Gasteiger partial charge in [0.05, 0.1) is 17.3 Å². The van der Waals surface area contributed by atoms with Crippen molar-refractivity contribution in [2.24, 2.45) is 42.9 Å². The third-order valence-electron chi connectivity index (χ3n) is 6.71. The molecule has 2 fully saturated rings. The van der Waals surface area contributed by atoms with Gasteiger partial charge in [-0.15, -0.1) is 11.8 Å². The van der Waals surface area contributed by atoms with E-state index in [9.17, 15) is 22.0 Å². The van der Waals surface area contributed by atoms with E-state index in [2.05, 4.69) is 20.0 Å². The minimum absolute atomic E-state index is 0.0365. The molecule has 49 heavy (non-hydrogen) atoms. The normalized spacial score (nSPS) is 17.4. The zero-order valence-corrected chi connectivity index (χ0v) is 27.7. The largest absolute Gasteiger partial charge is 0.457 e. The number of rotatable bonds is 5. The lowest BCUT2D eigenvalue weighted by molar-refractivity contribution is -0.0436. The van der Waals surface area contributed by atoms with E-state index in [1.165, 1.54) is 24.3 Å². The maximum absolute atomic E-state index is 13.2. The van der Waals surface area contributed by atoms with Crippen LogP contribution in [0.1, 0.15) is 12.8 Å². The molecule has 0 spiro atoms. The zero-order valence-electron chi connectivity index (χ0n) is 26.1. The number of hydrogen-bond acceptors (Lipinski definition) is 5. The molecule has 8 N–H and O–H groups in total. The first kappa shape index (κ1) is 37.1. The van der Waals surface area contributed by atoms with E-state index in [-0.39, 0.29) is 66.4 Å². The second kappa shape index (κ2) is 17.1. The first-order valence-corrected chi connectivity index (χ1v) is 16.7. The van der Waals surface area contributed by atoms with Crippen LogP contribution in [0, 0.1) is 0 Å². The van der Waals surface area contributed by atoms with E-state index in [0.29, 0.717) is 22.9 Å². The fourth-order valence-electron chi connectivity index (χ4n) is 4.31. The number of aliphatic imine (C=N–C) groups is 4. The summed E-state index contributed by atoms with van der Waals surface area (Å²) in [4.78, 5) is 19.7. The quantitative estimate of drug-likeness (QED) is 0.106. The lowest BCUT2D eigenvalue weighted by atomic mass is 10.1. The highest BCUT2D eigenvalue weighted by atomic mass is 32.2. The van der Waals surface area contributed by atoms with Crippen LogP contribution in [0.25, 0.3) is 0 Å². The Morgan fingerprint density at radius 2 is 1.33 bits per heavy atom. The van der Waals surface area contributed by atoms with Gasteiger partial charge in [-0.2, -0.15) is 23.2 Å². The molecule has 2 aliphatic heterocycles. The Morgan fingerprint density at radius 1 is 0.735 bits per heavy atom. The molecule has 0 amide bonds. The summed E-state index contributed by atoms with van der Waals surface area (Å²) in [6, 6.07) is 21.9. The van der Waals surface area contributed by atoms with Gasteiger partial charge in [0.2, 0.25) is 11.9 Å². The predicted octanol–water partition coefficient (Wildman–Crippen LogP) is 6.04. The van der Waals surface area contributed by atoms with E-state index >= 15 is 0 Å². The molecule has 2 saturated heterocycles. The average Bonchev–Trinajstić information content (AvgIpc) is 3.58. The van der Waals surface area contributed by atoms with E-state index in [0.717, 1.165) is 18.2 Å². The first-order valence-electron chi connectivity index (χ1n) is 14.8. The van der Waals surface area contributed by atoms with E-state index < -0.39 is 11.4 Å². The molecule has 262 valence electrons. The Morgan fingerprint density at radius 3 is 1.92 bits per heavy atom. The highest BCUT2D eigenvalue weighted by Gasteiger charge is 2.34. The molecule has 0 radical (unpaired) electrons. The molecule has 0 aliphatic carbocycles. The van der Waals surface area contributed by atoms with E-state index in [1.54, 1.807) is 40.9 Å². The molecule has 2 aliphatic rings. The number of para-hydroxylation sites is 1. The van der Waals surface area contributed by atoms with Gasteiger partial charge in [0.25, 0.3) is 5.92 Å². The van der Waals surface area contributed by atoms with Gasteiger partial charge in [0.15, 0.2) is 11.9 Å². The van der Waals surface area contributed by atoms with Crippen molar-refractivity contribution in [2.45, 2.75) is 29.2 Å². The number of guanidine groups is 4. The van der Waals surface area contributed by atoms with Crippen molar-refractivity contribution in [3.8, 4) is 11.5 Å². The van der Waals surface area contributed by atoms with Crippen LogP contribution in [0.5, 0.6) is 11.5 Å². The van der Waals surface area contributed by atoms with E-state index in [1.807, 2.05) is 35.2 Å². The van der Waals surface area contributed by atoms with Crippen LogP contribution in [0.15, 0.2) is 104 Å². The van der Waals surface area contributed by atoms with Crippen molar-refractivity contribution in [2.75, 3.05) is 31.3 Å². The SMILES string of the molecule is NC(=Nc1ccc(SC(F)(F)F)cc1)N=C(N)N1CCSC1.NC(=Nc1cccc(Oc2ccccc2)c1)N=C(N)N1CCC(F)(F)CC1. The van der Waals surface area contributed by atoms with Crippen molar-refractivity contribution in [1.29, 1.82) is 0 Å².